The molecule has 4 nitrogen and oxygen atoms in total. The van der Waals surface area contributed by atoms with Crippen molar-refractivity contribution in [1.29, 1.82) is 0 Å². The van der Waals surface area contributed by atoms with E-state index in [1.807, 2.05) is 0 Å². The summed E-state index contributed by atoms with van der Waals surface area (Å²) < 4.78 is 23.3. The molecule has 0 spiro atoms. The van der Waals surface area contributed by atoms with Crippen LogP contribution in [0.2, 0.25) is 0 Å². The van der Waals surface area contributed by atoms with Crippen LogP contribution < -0.4 is 0 Å². The Morgan fingerprint density at radius 2 is 1.67 bits per heavy atom. The SMILES string of the molecule is Cc1cc(COO)cc(C)c1S(=O)(=O)C(Br)(Br)Br. The molecule has 0 amide bonds. The highest BCUT2D eigenvalue weighted by Crippen LogP contribution is 2.44. The normalized spacial score (nSPS) is 12.8. The maximum Gasteiger partial charge on any atom is 0.239 e. The summed E-state index contributed by atoms with van der Waals surface area (Å²) in [5, 5.41) is 8.42. The van der Waals surface area contributed by atoms with Gasteiger partial charge in [0, 0.05) is 0 Å². The van der Waals surface area contributed by atoms with Crippen molar-refractivity contribution in [3.63, 3.8) is 0 Å². The average Bonchev–Trinajstić information content (AvgIpc) is 2.14. The standard InChI is InChI=1S/C10H11Br3O4S/c1-6-3-8(5-17-14)4-7(2)9(6)18(15,16)10(11,12)13/h3-4,14H,5H2,1-2H3. The first-order valence-electron chi connectivity index (χ1n) is 4.79. The van der Waals surface area contributed by atoms with Crippen LogP contribution in [0.15, 0.2) is 17.0 Å². The Morgan fingerprint density at radius 1 is 1.22 bits per heavy atom. The molecule has 0 aliphatic rings. The van der Waals surface area contributed by atoms with Crippen molar-refractivity contribution in [2.75, 3.05) is 0 Å². The minimum absolute atomic E-state index is 0.0179. The van der Waals surface area contributed by atoms with Crippen LogP contribution in [0.5, 0.6) is 0 Å². The number of aryl methyl sites for hydroxylation is 2. The summed E-state index contributed by atoms with van der Waals surface area (Å²) in [5.74, 6) is 0. The topological polar surface area (TPSA) is 63.6 Å². The van der Waals surface area contributed by atoms with Crippen molar-refractivity contribution < 1.29 is 18.6 Å². The summed E-state index contributed by atoms with van der Waals surface area (Å²) in [4.78, 5) is 4.28. The molecular formula is C10H11Br3O4S. The van der Waals surface area contributed by atoms with Crippen LogP contribution in [0.4, 0.5) is 0 Å². The lowest BCUT2D eigenvalue weighted by atomic mass is 10.1. The van der Waals surface area contributed by atoms with E-state index in [9.17, 15) is 8.42 Å². The molecule has 0 fully saturated rings. The van der Waals surface area contributed by atoms with Gasteiger partial charge in [-0.15, -0.1) is 0 Å². The molecular weight excluding hydrogens is 456 g/mol. The molecule has 8 heteroatoms. The molecule has 18 heavy (non-hydrogen) atoms. The third-order valence-electron chi connectivity index (χ3n) is 2.32. The molecule has 1 rings (SSSR count). The third-order valence-corrected chi connectivity index (χ3v) is 7.95. The summed E-state index contributed by atoms with van der Waals surface area (Å²) in [5.41, 5.74) is 1.88. The van der Waals surface area contributed by atoms with Gasteiger partial charge in [0.1, 0.15) is 6.61 Å². The second kappa shape index (κ2) is 5.88. The van der Waals surface area contributed by atoms with E-state index in [0.29, 0.717) is 16.7 Å². The van der Waals surface area contributed by atoms with Crippen molar-refractivity contribution in [2.45, 2.75) is 26.8 Å². The zero-order valence-corrected chi connectivity index (χ0v) is 15.2. The van der Waals surface area contributed by atoms with E-state index >= 15 is 0 Å². The third kappa shape index (κ3) is 3.34. The van der Waals surface area contributed by atoms with Crippen molar-refractivity contribution in [3.8, 4) is 0 Å². The van der Waals surface area contributed by atoms with E-state index in [4.69, 9.17) is 5.26 Å². The number of alkyl halides is 3. The monoisotopic (exact) mass is 464 g/mol. The van der Waals surface area contributed by atoms with E-state index in [2.05, 4.69) is 52.7 Å². The van der Waals surface area contributed by atoms with E-state index in [1.165, 1.54) is 0 Å². The summed E-state index contributed by atoms with van der Waals surface area (Å²) in [6.07, 6.45) is 0. The van der Waals surface area contributed by atoms with Gasteiger partial charge in [-0.1, -0.05) is 12.1 Å². The van der Waals surface area contributed by atoms with Gasteiger partial charge < -0.3 is 0 Å². The Labute approximate surface area is 131 Å². The van der Waals surface area contributed by atoms with Crippen molar-refractivity contribution in [2.24, 2.45) is 0 Å². The van der Waals surface area contributed by atoms with Crippen LogP contribution >= 0.6 is 47.8 Å². The van der Waals surface area contributed by atoms with E-state index < -0.39 is 11.3 Å². The molecule has 0 aliphatic heterocycles. The smallest absolute Gasteiger partial charge is 0.239 e. The number of hydrogen-bond acceptors (Lipinski definition) is 4. The van der Waals surface area contributed by atoms with Crippen LogP contribution in [0, 0.1) is 13.8 Å². The van der Waals surface area contributed by atoms with Gasteiger partial charge in [-0.05, 0) is 78.3 Å². The van der Waals surface area contributed by atoms with Crippen molar-refractivity contribution in [1.82, 2.24) is 0 Å². The Balaban J connectivity index is 3.45. The fraction of sp³-hybridized carbons (Fsp3) is 0.400. The minimum Gasteiger partial charge on any atom is -0.251 e. The summed E-state index contributed by atoms with van der Waals surface area (Å²) >= 11 is 9.11. The van der Waals surface area contributed by atoms with Crippen LogP contribution in [0.3, 0.4) is 0 Å². The van der Waals surface area contributed by atoms with Crippen molar-refractivity contribution >= 4 is 57.6 Å². The number of sulfone groups is 1. The summed E-state index contributed by atoms with van der Waals surface area (Å²) in [7, 11) is -3.62. The highest BCUT2D eigenvalue weighted by molar-refractivity contribution is 9.42. The first kappa shape index (κ1) is 16.6. The second-order valence-corrected chi connectivity index (χ2v) is 14.1. The first-order chi connectivity index (χ1) is 8.11. The van der Waals surface area contributed by atoms with Gasteiger partial charge in [0.25, 0.3) is 0 Å². The molecule has 0 heterocycles. The highest BCUT2D eigenvalue weighted by atomic mass is 80.0. The Kier molecular flexibility index (Phi) is 5.42. The van der Waals surface area contributed by atoms with E-state index in [-0.39, 0.29) is 11.5 Å². The molecule has 0 aromatic heterocycles. The summed E-state index contributed by atoms with van der Waals surface area (Å²) in [6.45, 7) is 3.41. The number of halogens is 3. The second-order valence-electron chi connectivity index (χ2n) is 3.78. The molecule has 0 radical (unpaired) electrons. The molecule has 1 N–H and O–H groups in total. The van der Waals surface area contributed by atoms with Gasteiger partial charge >= 0.3 is 0 Å². The van der Waals surface area contributed by atoms with Gasteiger partial charge in [0.15, 0.2) is 0 Å². The largest absolute Gasteiger partial charge is 0.251 e. The quantitative estimate of drug-likeness (QED) is 0.417. The van der Waals surface area contributed by atoms with Crippen LogP contribution in [-0.2, 0) is 21.3 Å². The zero-order chi connectivity index (χ0) is 14.1. The number of rotatable bonds is 3. The minimum atomic E-state index is -3.62. The lowest BCUT2D eigenvalue weighted by Gasteiger charge is -2.18. The first-order valence-corrected chi connectivity index (χ1v) is 8.65. The molecule has 0 bridgehead atoms. The lowest BCUT2D eigenvalue weighted by Crippen LogP contribution is -2.20. The number of benzene rings is 1. The van der Waals surface area contributed by atoms with Crippen LogP contribution in [-0.4, -0.2) is 15.1 Å². The maximum atomic E-state index is 12.3. The van der Waals surface area contributed by atoms with Gasteiger partial charge in [-0.25, -0.2) is 13.3 Å². The lowest BCUT2D eigenvalue weighted by molar-refractivity contribution is -0.253. The Hall–Kier alpha value is 0.530. The molecule has 0 saturated heterocycles. The fourth-order valence-corrected chi connectivity index (χ4v) is 4.39. The zero-order valence-electron chi connectivity index (χ0n) is 9.58. The van der Waals surface area contributed by atoms with Gasteiger partial charge in [-0.3, -0.25) is 5.26 Å². The number of hydrogen-bond donors (Lipinski definition) is 1. The van der Waals surface area contributed by atoms with E-state index in [0.717, 1.165) is 0 Å². The van der Waals surface area contributed by atoms with Gasteiger partial charge in [0.05, 0.1) is 4.90 Å². The van der Waals surface area contributed by atoms with Gasteiger partial charge in [0.2, 0.25) is 11.3 Å². The summed E-state index contributed by atoms with van der Waals surface area (Å²) in [6, 6.07) is 3.32. The predicted octanol–water partition coefficient (Wildman–Crippen LogP) is 3.86. The fourth-order valence-electron chi connectivity index (χ4n) is 1.74. The molecule has 0 atom stereocenters. The van der Waals surface area contributed by atoms with Gasteiger partial charge in [-0.2, -0.15) is 0 Å². The predicted molar refractivity (Wildman–Crippen MR) is 80.0 cm³/mol. The van der Waals surface area contributed by atoms with Crippen molar-refractivity contribution in [3.05, 3.63) is 28.8 Å². The molecule has 1 aromatic rings. The van der Waals surface area contributed by atoms with Crippen LogP contribution in [0.25, 0.3) is 0 Å². The molecule has 0 saturated carbocycles. The molecule has 0 aliphatic carbocycles. The maximum absolute atomic E-state index is 12.3. The molecule has 0 unspecified atom stereocenters. The Morgan fingerprint density at radius 3 is 2.00 bits per heavy atom. The highest BCUT2D eigenvalue weighted by Gasteiger charge is 2.39. The van der Waals surface area contributed by atoms with E-state index in [1.54, 1.807) is 26.0 Å². The average molecular weight is 467 g/mol. The molecule has 102 valence electrons. The molecule has 1 aromatic carbocycles. The Bertz CT molecular complexity index is 526. The van der Waals surface area contributed by atoms with Crippen LogP contribution in [0.1, 0.15) is 16.7 Å².